The number of halogens is 2. The normalized spacial score (nSPS) is 22.4. The van der Waals surface area contributed by atoms with Crippen molar-refractivity contribution in [3.63, 3.8) is 0 Å². The molecule has 1 nitrogen and oxygen atoms in total. The Labute approximate surface area is 127 Å². The summed E-state index contributed by atoms with van der Waals surface area (Å²) in [6.45, 7) is 7.79. The van der Waals surface area contributed by atoms with Gasteiger partial charge in [-0.3, -0.25) is 0 Å². The molecule has 1 aromatic rings. The molecule has 0 saturated heterocycles. The van der Waals surface area contributed by atoms with Crippen LogP contribution in [0.1, 0.15) is 52.0 Å². The maximum absolute atomic E-state index is 13.4. The molecule has 21 heavy (non-hydrogen) atoms. The largest absolute Gasteiger partial charge is 0.313 e. The van der Waals surface area contributed by atoms with E-state index in [0.717, 1.165) is 24.9 Å². The second-order valence-corrected chi connectivity index (χ2v) is 7.00. The average molecular weight is 295 g/mol. The van der Waals surface area contributed by atoms with Crippen molar-refractivity contribution < 1.29 is 8.78 Å². The Bertz CT molecular complexity index is 470. The first-order valence-electron chi connectivity index (χ1n) is 8.11. The minimum atomic E-state index is -0.766. The topological polar surface area (TPSA) is 12.0 Å². The predicted octanol–water partition coefficient (Wildman–Crippen LogP) is 4.70. The van der Waals surface area contributed by atoms with E-state index in [-0.39, 0.29) is 0 Å². The van der Waals surface area contributed by atoms with Crippen molar-refractivity contribution in [1.29, 1.82) is 0 Å². The third-order valence-electron chi connectivity index (χ3n) is 4.92. The molecule has 0 aromatic heterocycles. The summed E-state index contributed by atoms with van der Waals surface area (Å²) in [6.07, 6.45) is 5.59. The molecule has 1 fully saturated rings. The Hall–Kier alpha value is -0.960. The Kier molecular flexibility index (Phi) is 5.37. The van der Waals surface area contributed by atoms with Crippen LogP contribution in [0.3, 0.4) is 0 Å². The first kappa shape index (κ1) is 16.4. The standard InChI is InChI=1S/C18H27F2N/c1-4-10-21-17(14-6-5-9-18(14,2)3)12-13-7-8-15(19)16(20)11-13/h7-8,11,14,17,21H,4-6,9-10,12H2,1-3H3. The van der Waals surface area contributed by atoms with Crippen molar-refractivity contribution in [2.75, 3.05) is 6.54 Å². The Morgan fingerprint density at radius 3 is 2.62 bits per heavy atom. The molecule has 2 rings (SSSR count). The molecule has 1 saturated carbocycles. The molecule has 0 aliphatic heterocycles. The third kappa shape index (κ3) is 4.03. The Balaban J connectivity index is 2.14. The van der Waals surface area contributed by atoms with Crippen LogP contribution in [0, 0.1) is 23.0 Å². The van der Waals surface area contributed by atoms with Crippen molar-refractivity contribution in [2.45, 2.75) is 58.9 Å². The van der Waals surface area contributed by atoms with Gasteiger partial charge in [0.1, 0.15) is 0 Å². The molecule has 1 aliphatic carbocycles. The zero-order valence-electron chi connectivity index (χ0n) is 13.4. The quantitative estimate of drug-likeness (QED) is 0.802. The van der Waals surface area contributed by atoms with E-state index < -0.39 is 11.6 Å². The summed E-state index contributed by atoms with van der Waals surface area (Å²) in [4.78, 5) is 0. The number of rotatable bonds is 6. The Morgan fingerprint density at radius 2 is 2.05 bits per heavy atom. The van der Waals surface area contributed by atoms with Crippen molar-refractivity contribution in [3.8, 4) is 0 Å². The molecule has 1 N–H and O–H groups in total. The average Bonchev–Trinajstić information content (AvgIpc) is 2.78. The smallest absolute Gasteiger partial charge is 0.159 e. The Morgan fingerprint density at radius 1 is 1.29 bits per heavy atom. The van der Waals surface area contributed by atoms with Crippen molar-refractivity contribution in [2.24, 2.45) is 11.3 Å². The summed E-state index contributed by atoms with van der Waals surface area (Å²) in [5.74, 6) is -0.914. The SMILES string of the molecule is CCCNC(Cc1ccc(F)c(F)c1)C1CCCC1(C)C. The molecule has 0 bridgehead atoms. The number of hydrogen-bond donors (Lipinski definition) is 1. The van der Waals surface area contributed by atoms with Gasteiger partial charge in [0.05, 0.1) is 0 Å². The predicted molar refractivity (Wildman–Crippen MR) is 83.3 cm³/mol. The van der Waals surface area contributed by atoms with E-state index in [1.807, 2.05) is 0 Å². The number of benzene rings is 1. The highest BCUT2D eigenvalue weighted by atomic mass is 19.2. The summed E-state index contributed by atoms with van der Waals surface area (Å²) < 4.78 is 26.5. The van der Waals surface area contributed by atoms with E-state index in [1.54, 1.807) is 6.07 Å². The van der Waals surface area contributed by atoms with E-state index in [2.05, 4.69) is 26.1 Å². The fourth-order valence-corrected chi connectivity index (χ4v) is 3.71. The van der Waals surface area contributed by atoms with Crippen LogP contribution in [0.25, 0.3) is 0 Å². The molecular formula is C18H27F2N. The summed E-state index contributed by atoms with van der Waals surface area (Å²) in [6, 6.07) is 4.63. The van der Waals surface area contributed by atoms with Crippen LogP contribution in [-0.2, 0) is 6.42 Å². The fraction of sp³-hybridized carbons (Fsp3) is 0.667. The number of nitrogens with one attached hydrogen (secondary N) is 1. The molecule has 0 amide bonds. The van der Waals surface area contributed by atoms with E-state index in [1.165, 1.54) is 31.4 Å². The lowest BCUT2D eigenvalue weighted by Gasteiger charge is -2.35. The molecule has 1 aliphatic rings. The summed E-state index contributed by atoms with van der Waals surface area (Å²) >= 11 is 0. The van der Waals surface area contributed by atoms with Crippen LogP contribution < -0.4 is 5.32 Å². The van der Waals surface area contributed by atoms with Gasteiger partial charge in [-0.25, -0.2) is 8.78 Å². The van der Waals surface area contributed by atoms with Crippen molar-refractivity contribution >= 4 is 0 Å². The molecule has 118 valence electrons. The molecule has 0 heterocycles. The summed E-state index contributed by atoms with van der Waals surface area (Å²) in [7, 11) is 0. The molecule has 1 aromatic carbocycles. The second-order valence-electron chi connectivity index (χ2n) is 7.00. The van der Waals surface area contributed by atoms with Gasteiger partial charge in [0, 0.05) is 6.04 Å². The fourth-order valence-electron chi connectivity index (χ4n) is 3.71. The van der Waals surface area contributed by atoms with Crippen molar-refractivity contribution in [3.05, 3.63) is 35.4 Å². The van der Waals surface area contributed by atoms with Gasteiger partial charge in [-0.2, -0.15) is 0 Å². The van der Waals surface area contributed by atoms with E-state index >= 15 is 0 Å². The molecule has 0 radical (unpaired) electrons. The number of hydrogen-bond acceptors (Lipinski definition) is 1. The van der Waals surface area contributed by atoms with E-state index in [4.69, 9.17) is 0 Å². The highest BCUT2D eigenvalue weighted by Gasteiger charge is 2.39. The highest BCUT2D eigenvalue weighted by Crippen LogP contribution is 2.45. The van der Waals surface area contributed by atoms with Gasteiger partial charge in [0.2, 0.25) is 0 Å². The van der Waals surface area contributed by atoms with E-state index in [9.17, 15) is 8.78 Å². The minimum Gasteiger partial charge on any atom is -0.313 e. The maximum Gasteiger partial charge on any atom is 0.159 e. The van der Waals surface area contributed by atoms with Gasteiger partial charge in [0.15, 0.2) is 11.6 Å². The lowest BCUT2D eigenvalue weighted by molar-refractivity contribution is 0.195. The summed E-state index contributed by atoms with van der Waals surface area (Å²) in [5, 5.41) is 3.63. The first-order chi connectivity index (χ1) is 9.94. The zero-order chi connectivity index (χ0) is 15.5. The van der Waals surface area contributed by atoms with Crippen LogP contribution in [0.4, 0.5) is 8.78 Å². The molecule has 2 unspecified atom stereocenters. The summed E-state index contributed by atoms with van der Waals surface area (Å²) in [5.41, 5.74) is 1.20. The van der Waals surface area contributed by atoms with Gasteiger partial charge in [-0.15, -0.1) is 0 Å². The van der Waals surface area contributed by atoms with Crippen LogP contribution in [0.2, 0.25) is 0 Å². The lowest BCUT2D eigenvalue weighted by Crippen LogP contribution is -2.42. The van der Waals surface area contributed by atoms with Crippen LogP contribution in [0.15, 0.2) is 18.2 Å². The van der Waals surface area contributed by atoms with Gasteiger partial charge >= 0.3 is 0 Å². The van der Waals surface area contributed by atoms with Crippen LogP contribution >= 0.6 is 0 Å². The van der Waals surface area contributed by atoms with Crippen LogP contribution in [0.5, 0.6) is 0 Å². The third-order valence-corrected chi connectivity index (χ3v) is 4.92. The molecular weight excluding hydrogens is 268 g/mol. The zero-order valence-corrected chi connectivity index (χ0v) is 13.4. The maximum atomic E-state index is 13.4. The van der Waals surface area contributed by atoms with Gasteiger partial charge in [-0.1, -0.05) is 33.3 Å². The first-order valence-corrected chi connectivity index (χ1v) is 8.11. The minimum absolute atomic E-state index is 0.323. The van der Waals surface area contributed by atoms with Gasteiger partial charge < -0.3 is 5.32 Å². The van der Waals surface area contributed by atoms with Crippen LogP contribution in [-0.4, -0.2) is 12.6 Å². The molecule has 0 spiro atoms. The molecule has 3 heteroatoms. The highest BCUT2D eigenvalue weighted by molar-refractivity contribution is 5.19. The lowest BCUT2D eigenvalue weighted by atomic mass is 9.76. The monoisotopic (exact) mass is 295 g/mol. The second kappa shape index (κ2) is 6.87. The van der Waals surface area contributed by atoms with Gasteiger partial charge in [-0.05, 0) is 61.3 Å². The van der Waals surface area contributed by atoms with E-state index in [0.29, 0.717) is 17.4 Å². The van der Waals surface area contributed by atoms with Crippen molar-refractivity contribution in [1.82, 2.24) is 5.32 Å². The molecule has 2 atom stereocenters. The van der Waals surface area contributed by atoms with Gasteiger partial charge in [0.25, 0.3) is 0 Å².